The van der Waals surface area contributed by atoms with Crippen LogP contribution >= 0.6 is 11.6 Å². The Morgan fingerprint density at radius 2 is 2.10 bits per heavy atom. The van der Waals surface area contributed by atoms with E-state index in [2.05, 4.69) is 22.1 Å². The molecule has 104 valence electrons. The molecule has 1 saturated heterocycles. The molecule has 1 aliphatic rings. The summed E-state index contributed by atoms with van der Waals surface area (Å²) in [4.78, 5) is 9.72. The van der Waals surface area contributed by atoms with E-state index in [0.717, 1.165) is 31.0 Å². The van der Waals surface area contributed by atoms with E-state index >= 15 is 0 Å². The SMILES string of the molecule is Fc1cncnc1N1CCC(Cc2ccc(Cl)cc2)C1. The fourth-order valence-electron chi connectivity index (χ4n) is 2.68. The van der Waals surface area contributed by atoms with Crippen molar-refractivity contribution < 1.29 is 4.39 Å². The minimum absolute atomic E-state index is 0.348. The lowest BCUT2D eigenvalue weighted by atomic mass is 9.99. The second kappa shape index (κ2) is 5.75. The molecule has 0 bridgehead atoms. The lowest BCUT2D eigenvalue weighted by Crippen LogP contribution is -2.22. The van der Waals surface area contributed by atoms with Crippen LogP contribution < -0.4 is 4.90 Å². The zero-order valence-corrected chi connectivity index (χ0v) is 11.7. The average molecular weight is 292 g/mol. The molecule has 2 heterocycles. The van der Waals surface area contributed by atoms with Crippen LogP contribution in [0.25, 0.3) is 0 Å². The molecular weight excluding hydrogens is 277 g/mol. The molecule has 1 fully saturated rings. The summed E-state index contributed by atoms with van der Waals surface area (Å²) < 4.78 is 13.7. The van der Waals surface area contributed by atoms with Gasteiger partial charge in [-0.2, -0.15) is 0 Å². The number of aromatic nitrogens is 2. The van der Waals surface area contributed by atoms with Crippen molar-refractivity contribution in [1.82, 2.24) is 9.97 Å². The molecule has 5 heteroatoms. The fraction of sp³-hybridized carbons (Fsp3) is 0.333. The van der Waals surface area contributed by atoms with E-state index in [1.807, 2.05) is 17.0 Å². The van der Waals surface area contributed by atoms with Gasteiger partial charge < -0.3 is 4.90 Å². The van der Waals surface area contributed by atoms with Gasteiger partial charge in [-0.15, -0.1) is 0 Å². The normalized spacial score (nSPS) is 18.5. The molecule has 2 aromatic rings. The standard InChI is InChI=1S/C15H15ClFN3/c16-13-3-1-11(2-4-13)7-12-5-6-20(9-12)15-14(17)8-18-10-19-15/h1-4,8,10,12H,5-7,9H2. The van der Waals surface area contributed by atoms with Crippen LogP contribution in [0.2, 0.25) is 5.02 Å². The van der Waals surface area contributed by atoms with Crippen LogP contribution in [0, 0.1) is 11.7 Å². The monoisotopic (exact) mass is 291 g/mol. The van der Waals surface area contributed by atoms with Gasteiger partial charge >= 0.3 is 0 Å². The molecule has 0 amide bonds. The Bertz CT molecular complexity index is 588. The Kier molecular flexibility index (Phi) is 3.83. The summed E-state index contributed by atoms with van der Waals surface area (Å²) in [5, 5.41) is 0.754. The van der Waals surface area contributed by atoms with E-state index in [4.69, 9.17) is 11.6 Å². The second-order valence-electron chi connectivity index (χ2n) is 5.13. The van der Waals surface area contributed by atoms with Crippen LogP contribution in [0.5, 0.6) is 0 Å². The van der Waals surface area contributed by atoms with Crippen molar-refractivity contribution in [2.24, 2.45) is 5.92 Å². The third-order valence-corrected chi connectivity index (χ3v) is 3.92. The third-order valence-electron chi connectivity index (χ3n) is 3.67. The van der Waals surface area contributed by atoms with E-state index in [0.29, 0.717) is 11.7 Å². The van der Waals surface area contributed by atoms with E-state index in [1.54, 1.807) is 0 Å². The molecule has 1 unspecified atom stereocenters. The van der Waals surface area contributed by atoms with Gasteiger partial charge in [0.25, 0.3) is 0 Å². The van der Waals surface area contributed by atoms with Crippen molar-refractivity contribution in [3.63, 3.8) is 0 Å². The summed E-state index contributed by atoms with van der Waals surface area (Å²) in [6.07, 6.45) is 4.65. The maximum Gasteiger partial charge on any atom is 0.183 e. The largest absolute Gasteiger partial charge is 0.354 e. The van der Waals surface area contributed by atoms with Gasteiger partial charge in [-0.05, 0) is 36.5 Å². The highest BCUT2D eigenvalue weighted by atomic mass is 35.5. The average Bonchev–Trinajstić information content (AvgIpc) is 2.90. The predicted molar refractivity (Wildman–Crippen MR) is 77.5 cm³/mol. The van der Waals surface area contributed by atoms with Crippen molar-refractivity contribution >= 4 is 17.4 Å². The van der Waals surface area contributed by atoms with E-state index in [9.17, 15) is 4.39 Å². The quantitative estimate of drug-likeness (QED) is 0.868. The molecule has 0 radical (unpaired) electrons. The molecule has 0 N–H and O–H groups in total. The molecule has 20 heavy (non-hydrogen) atoms. The third kappa shape index (κ3) is 2.90. The smallest absolute Gasteiger partial charge is 0.183 e. The van der Waals surface area contributed by atoms with Crippen LogP contribution in [0.15, 0.2) is 36.8 Å². The van der Waals surface area contributed by atoms with Crippen molar-refractivity contribution in [3.8, 4) is 0 Å². The summed E-state index contributed by atoms with van der Waals surface area (Å²) >= 11 is 5.88. The lowest BCUT2D eigenvalue weighted by Gasteiger charge is -2.17. The Balaban J connectivity index is 1.65. The molecule has 1 aromatic carbocycles. The number of hydrogen-bond acceptors (Lipinski definition) is 3. The molecule has 1 aromatic heterocycles. The summed E-state index contributed by atoms with van der Waals surface area (Å²) in [6, 6.07) is 7.92. The number of hydrogen-bond donors (Lipinski definition) is 0. The summed E-state index contributed by atoms with van der Waals surface area (Å²) in [5.74, 6) is 0.587. The van der Waals surface area contributed by atoms with Crippen LogP contribution in [0.4, 0.5) is 10.2 Å². The molecule has 3 nitrogen and oxygen atoms in total. The zero-order chi connectivity index (χ0) is 13.9. The van der Waals surface area contributed by atoms with Gasteiger partial charge in [0.1, 0.15) is 6.33 Å². The highest BCUT2D eigenvalue weighted by Gasteiger charge is 2.25. The minimum atomic E-state index is -0.348. The van der Waals surface area contributed by atoms with Crippen LogP contribution in [-0.4, -0.2) is 23.1 Å². The van der Waals surface area contributed by atoms with Gasteiger partial charge in [-0.3, -0.25) is 0 Å². The fourth-order valence-corrected chi connectivity index (χ4v) is 2.81. The second-order valence-corrected chi connectivity index (χ2v) is 5.56. The van der Waals surface area contributed by atoms with Crippen LogP contribution in [0.3, 0.4) is 0 Å². The first-order chi connectivity index (χ1) is 9.72. The van der Waals surface area contributed by atoms with E-state index < -0.39 is 0 Å². The lowest BCUT2D eigenvalue weighted by molar-refractivity contribution is 0.580. The summed E-state index contributed by atoms with van der Waals surface area (Å²) in [7, 11) is 0. The number of anilines is 1. The molecular formula is C15H15ClFN3. The van der Waals surface area contributed by atoms with Crippen molar-refractivity contribution in [3.05, 3.63) is 53.2 Å². The van der Waals surface area contributed by atoms with E-state index in [-0.39, 0.29) is 5.82 Å². The first-order valence-corrected chi connectivity index (χ1v) is 7.05. The number of halogens is 2. The molecule has 0 saturated carbocycles. The van der Waals surface area contributed by atoms with Gasteiger partial charge in [-0.25, -0.2) is 14.4 Å². The summed E-state index contributed by atoms with van der Waals surface area (Å²) in [6.45, 7) is 1.67. The molecule has 1 aliphatic heterocycles. The van der Waals surface area contributed by atoms with Gasteiger partial charge in [0, 0.05) is 18.1 Å². The summed E-state index contributed by atoms with van der Waals surface area (Å²) in [5.41, 5.74) is 1.27. The van der Waals surface area contributed by atoms with E-state index in [1.165, 1.54) is 18.1 Å². The highest BCUT2D eigenvalue weighted by Crippen LogP contribution is 2.26. The van der Waals surface area contributed by atoms with Crippen LogP contribution in [0.1, 0.15) is 12.0 Å². The Labute approximate surface area is 122 Å². The van der Waals surface area contributed by atoms with Gasteiger partial charge in [0.15, 0.2) is 11.6 Å². The Morgan fingerprint density at radius 1 is 1.30 bits per heavy atom. The predicted octanol–water partition coefficient (Wildman–Crippen LogP) is 3.34. The molecule has 1 atom stereocenters. The Morgan fingerprint density at radius 3 is 2.85 bits per heavy atom. The molecule has 0 spiro atoms. The molecule has 3 rings (SSSR count). The maximum atomic E-state index is 13.7. The topological polar surface area (TPSA) is 29.0 Å². The number of nitrogens with zero attached hydrogens (tertiary/aromatic N) is 3. The van der Waals surface area contributed by atoms with Crippen LogP contribution in [-0.2, 0) is 6.42 Å². The number of rotatable bonds is 3. The molecule has 0 aliphatic carbocycles. The van der Waals surface area contributed by atoms with Crippen molar-refractivity contribution in [2.45, 2.75) is 12.8 Å². The van der Waals surface area contributed by atoms with Gasteiger partial charge in [0.2, 0.25) is 0 Å². The van der Waals surface area contributed by atoms with Crippen molar-refractivity contribution in [1.29, 1.82) is 0 Å². The van der Waals surface area contributed by atoms with Crippen molar-refractivity contribution in [2.75, 3.05) is 18.0 Å². The van der Waals surface area contributed by atoms with Gasteiger partial charge in [0.05, 0.1) is 6.20 Å². The maximum absolute atomic E-state index is 13.7. The zero-order valence-electron chi connectivity index (χ0n) is 11.0. The first-order valence-electron chi connectivity index (χ1n) is 6.67. The minimum Gasteiger partial charge on any atom is -0.354 e. The Hall–Kier alpha value is -1.68. The highest BCUT2D eigenvalue weighted by molar-refractivity contribution is 6.30. The first kappa shape index (κ1) is 13.3. The number of benzene rings is 1. The van der Waals surface area contributed by atoms with Gasteiger partial charge in [-0.1, -0.05) is 23.7 Å².